The van der Waals surface area contributed by atoms with E-state index in [0.29, 0.717) is 4.90 Å². The zero-order valence-corrected chi connectivity index (χ0v) is 13.5. The number of benzene rings is 1. The lowest BCUT2D eigenvalue weighted by Crippen LogP contribution is -2.27. The van der Waals surface area contributed by atoms with E-state index in [1.54, 1.807) is 30.6 Å². The summed E-state index contributed by atoms with van der Waals surface area (Å²) in [6.45, 7) is 7.53. The highest BCUT2D eigenvalue weighted by Gasteiger charge is 2.21. The number of rotatable bonds is 4. The number of aryl methyl sites for hydroxylation is 3. The molecule has 0 amide bonds. The van der Waals surface area contributed by atoms with E-state index < -0.39 is 10.0 Å². The van der Waals surface area contributed by atoms with Crippen LogP contribution in [0.25, 0.3) is 0 Å². The van der Waals surface area contributed by atoms with Gasteiger partial charge >= 0.3 is 0 Å². The normalized spacial score (nSPS) is 13.1. The van der Waals surface area contributed by atoms with Crippen LogP contribution in [-0.4, -0.2) is 13.4 Å². The third-order valence-electron chi connectivity index (χ3n) is 3.62. The maximum atomic E-state index is 12.6. The molecular weight excluding hydrogens is 284 g/mol. The molecule has 1 aromatic heterocycles. The Morgan fingerprint density at radius 2 is 1.57 bits per heavy atom. The van der Waals surface area contributed by atoms with Gasteiger partial charge in [0.25, 0.3) is 0 Å². The second-order valence-corrected chi connectivity index (χ2v) is 7.01. The van der Waals surface area contributed by atoms with Crippen molar-refractivity contribution in [2.45, 2.75) is 38.6 Å². The number of pyridine rings is 1. The summed E-state index contributed by atoms with van der Waals surface area (Å²) in [5.41, 5.74) is 3.70. The van der Waals surface area contributed by atoms with E-state index >= 15 is 0 Å². The molecule has 0 bridgehead atoms. The summed E-state index contributed by atoms with van der Waals surface area (Å²) in [6, 6.07) is 6.94. The van der Waals surface area contributed by atoms with Gasteiger partial charge in [-0.1, -0.05) is 6.07 Å². The summed E-state index contributed by atoms with van der Waals surface area (Å²) in [5.74, 6) is 0. The molecule has 0 aliphatic carbocycles. The Morgan fingerprint density at radius 3 is 2.19 bits per heavy atom. The van der Waals surface area contributed by atoms with Gasteiger partial charge in [-0.25, -0.2) is 13.1 Å². The Balaban J connectivity index is 2.33. The first-order chi connectivity index (χ1) is 9.81. The van der Waals surface area contributed by atoms with Gasteiger partial charge in [0, 0.05) is 18.4 Å². The van der Waals surface area contributed by atoms with Crippen LogP contribution in [0.4, 0.5) is 0 Å². The van der Waals surface area contributed by atoms with Gasteiger partial charge in [-0.15, -0.1) is 0 Å². The average molecular weight is 304 g/mol. The van der Waals surface area contributed by atoms with Crippen molar-refractivity contribution >= 4 is 10.0 Å². The molecule has 2 aromatic rings. The van der Waals surface area contributed by atoms with Crippen LogP contribution < -0.4 is 4.72 Å². The maximum absolute atomic E-state index is 12.6. The summed E-state index contributed by atoms with van der Waals surface area (Å²) in [6.07, 6.45) is 3.31. The largest absolute Gasteiger partial charge is 0.265 e. The molecule has 21 heavy (non-hydrogen) atoms. The minimum Gasteiger partial charge on any atom is -0.265 e. The van der Waals surface area contributed by atoms with Crippen molar-refractivity contribution in [3.05, 3.63) is 58.9 Å². The van der Waals surface area contributed by atoms with Crippen LogP contribution in [0.1, 0.15) is 35.2 Å². The number of hydrogen-bond donors (Lipinski definition) is 1. The molecule has 0 spiro atoms. The monoisotopic (exact) mass is 304 g/mol. The van der Waals surface area contributed by atoms with Gasteiger partial charge in [0.1, 0.15) is 0 Å². The number of hydrogen-bond acceptors (Lipinski definition) is 3. The first-order valence-electron chi connectivity index (χ1n) is 6.81. The zero-order chi connectivity index (χ0) is 15.6. The topological polar surface area (TPSA) is 59.1 Å². The molecule has 4 nitrogen and oxygen atoms in total. The van der Waals surface area contributed by atoms with Gasteiger partial charge in [-0.05, 0) is 68.1 Å². The highest BCUT2D eigenvalue weighted by atomic mass is 32.2. The molecule has 0 unspecified atom stereocenters. The van der Waals surface area contributed by atoms with E-state index in [-0.39, 0.29) is 6.04 Å². The number of sulfonamides is 1. The molecule has 1 heterocycles. The Morgan fingerprint density at radius 1 is 1.00 bits per heavy atom. The van der Waals surface area contributed by atoms with Crippen molar-refractivity contribution in [2.75, 3.05) is 0 Å². The quantitative estimate of drug-likeness (QED) is 0.944. The molecule has 0 aliphatic rings. The van der Waals surface area contributed by atoms with E-state index in [1.165, 1.54) is 0 Å². The Bertz CT molecular complexity index is 740. The second-order valence-electron chi connectivity index (χ2n) is 5.33. The number of nitrogens with one attached hydrogen (secondary N) is 1. The Kier molecular flexibility index (Phi) is 4.44. The van der Waals surface area contributed by atoms with Gasteiger partial charge in [-0.2, -0.15) is 0 Å². The van der Waals surface area contributed by atoms with E-state index in [0.717, 1.165) is 22.3 Å². The second kappa shape index (κ2) is 5.95. The van der Waals surface area contributed by atoms with Crippen molar-refractivity contribution in [2.24, 2.45) is 0 Å². The SMILES string of the molecule is Cc1cc(C)c(S(=O)(=O)N[C@@H](C)c2ccncc2)cc1C. The molecular formula is C16H20N2O2S. The summed E-state index contributed by atoms with van der Waals surface area (Å²) in [7, 11) is -3.55. The Labute approximate surface area is 126 Å². The average Bonchev–Trinajstić information content (AvgIpc) is 2.43. The van der Waals surface area contributed by atoms with Gasteiger partial charge in [-0.3, -0.25) is 4.98 Å². The predicted octanol–water partition coefficient (Wildman–Crippen LogP) is 3.05. The molecule has 1 aromatic carbocycles. The third kappa shape index (κ3) is 3.49. The summed E-state index contributed by atoms with van der Waals surface area (Å²) < 4.78 is 27.9. The predicted molar refractivity (Wildman–Crippen MR) is 83.6 cm³/mol. The molecule has 0 radical (unpaired) electrons. The molecule has 112 valence electrons. The summed E-state index contributed by atoms with van der Waals surface area (Å²) in [5, 5.41) is 0. The highest BCUT2D eigenvalue weighted by Crippen LogP contribution is 2.22. The van der Waals surface area contributed by atoms with Crippen LogP contribution in [0.2, 0.25) is 0 Å². The van der Waals surface area contributed by atoms with E-state index in [2.05, 4.69) is 9.71 Å². The zero-order valence-electron chi connectivity index (χ0n) is 12.7. The molecule has 5 heteroatoms. The van der Waals surface area contributed by atoms with Crippen LogP contribution in [0.5, 0.6) is 0 Å². The third-order valence-corrected chi connectivity index (χ3v) is 5.30. The molecule has 1 atom stereocenters. The fraction of sp³-hybridized carbons (Fsp3) is 0.312. The van der Waals surface area contributed by atoms with E-state index in [9.17, 15) is 8.42 Å². The van der Waals surface area contributed by atoms with Crippen LogP contribution in [0.3, 0.4) is 0 Å². The fourth-order valence-corrected chi connectivity index (χ4v) is 3.78. The summed E-state index contributed by atoms with van der Waals surface area (Å²) >= 11 is 0. The minimum atomic E-state index is -3.55. The first-order valence-corrected chi connectivity index (χ1v) is 8.29. The smallest absolute Gasteiger partial charge is 0.241 e. The van der Waals surface area contributed by atoms with Gasteiger partial charge < -0.3 is 0 Å². The van der Waals surface area contributed by atoms with Crippen molar-refractivity contribution in [1.29, 1.82) is 0 Å². The van der Waals surface area contributed by atoms with Gasteiger partial charge in [0.15, 0.2) is 0 Å². The molecule has 0 saturated heterocycles. The molecule has 1 N–H and O–H groups in total. The van der Waals surface area contributed by atoms with Crippen LogP contribution in [0, 0.1) is 20.8 Å². The van der Waals surface area contributed by atoms with Crippen LogP contribution in [0.15, 0.2) is 41.6 Å². The molecule has 2 rings (SSSR count). The molecule has 0 fully saturated rings. The fourth-order valence-electron chi connectivity index (χ4n) is 2.24. The van der Waals surface area contributed by atoms with Crippen molar-refractivity contribution in [1.82, 2.24) is 9.71 Å². The van der Waals surface area contributed by atoms with Crippen molar-refractivity contribution in [3.63, 3.8) is 0 Å². The van der Waals surface area contributed by atoms with Crippen molar-refractivity contribution in [3.8, 4) is 0 Å². The minimum absolute atomic E-state index is 0.306. The lowest BCUT2D eigenvalue weighted by atomic mass is 10.1. The molecule has 0 saturated carbocycles. The summed E-state index contributed by atoms with van der Waals surface area (Å²) in [4.78, 5) is 4.28. The highest BCUT2D eigenvalue weighted by molar-refractivity contribution is 7.89. The van der Waals surface area contributed by atoms with Crippen LogP contribution >= 0.6 is 0 Å². The lowest BCUT2D eigenvalue weighted by Gasteiger charge is -2.16. The van der Waals surface area contributed by atoms with Crippen LogP contribution in [-0.2, 0) is 10.0 Å². The number of aromatic nitrogens is 1. The Hall–Kier alpha value is -1.72. The maximum Gasteiger partial charge on any atom is 0.241 e. The lowest BCUT2D eigenvalue weighted by molar-refractivity contribution is 0.566. The van der Waals surface area contributed by atoms with E-state index in [4.69, 9.17) is 0 Å². The standard InChI is InChI=1S/C16H20N2O2S/c1-11-9-13(3)16(10-12(11)2)21(19,20)18-14(4)15-5-7-17-8-6-15/h5-10,14,18H,1-4H3/t14-/m0/s1. The van der Waals surface area contributed by atoms with E-state index in [1.807, 2.05) is 33.8 Å². The first kappa shape index (κ1) is 15.7. The van der Waals surface area contributed by atoms with Crippen molar-refractivity contribution < 1.29 is 8.42 Å². The van der Waals surface area contributed by atoms with Gasteiger partial charge in [0.2, 0.25) is 10.0 Å². The number of nitrogens with zero attached hydrogens (tertiary/aromatic N) is 1. The molecule has 0 aliphatic heterocycles. The van der Waals surface area contributed by atoms with Gasteiger partial charge in [0.05, 0.1) is 4.90 Å².